The number of ether oxygens (including phenoxy) is 1. The van der Waals surface area contributed by atoms with Crippen molar-refractivity contribution < 1.29 is 9.53 Å². The number of nitrogens with zero attached hydrogens (tertiary/aromatic N) is 1. The van der Waals surface area contributed by atoms with Gasteiger partial charge in [-0.05, 0) is 55.3 Å². The SMILES string of the molecule is O=C(NC(CN1CCCC1)c1ccccc1)c1ccc2c(c1)CCO2. The third kappa shape index (κ3) is 3.69. The molecule has 25 heavy (non-hydrogen) atoms. The van der Waals surface area contributed by atoms with Crippen molar-refractivity contribution in [3.63, 3.8) is 0 Å². The van der Waals surface area contributed by atoms with Crippen LogP contribution in [0.5, 0.6) is 5.75 Å². The van der Waals surface area contributed by atoms with Crippen molar-refractivity contribution in [3.8, 4) is 5.75 Å². The van der Waals surface area contributed by atoms with Crippen LogP contribution in [0, 0.1) is 0 Å². The van der Waals surface area contributed by atoms with E-state index in [-0.39, 0.29) is 11.9 Å². The Hall–Kier alpha value is -2.33. The van der Waals surface area contributed by atoms with Crippen LogP contribution < -0.4 is 10.1 Å². The Labute approximate surface area is 148 Å². The largest absolute Gasteiger partial charge is 0.493 e. The zero-order valence-corrected chi connectivity index (χ0v) is 14.4. The first kappa shape index (κ1) is 16.2. The maximum atomic E-state index is 12.8. The van der Waals surface area contributed by atoms with Gasteiger partial charge in [0.2, 0.25) is 0 Å². The predicted octanol–water partition coefficient (Wildman–Crippen LogP) is 3.19. The van der Waals surface area contributed by atoms with Crippen molar-refractivity contribution in [1.82, 2.24) is 10.2 Å². The Kier molecular flexibility index (Phi) is 4.70. The highest BCUT2D eigenvalue weighted by Crippen LogP contribution is 2.26. The number of hydrogen-bond acceptors (Lipinski definition) is 3. The molecular weight excluding hydrogens is 312 g/mol. The molecule has 0 spiro atoms. The predicted molar refractivity (Wildman–Crippen MR) is 98.0 cm³/mol. The zero-order valence-electron chi connectivity index (χ0n) is 14.4. The molecule has 130 valence electrons. The van der Waals surface area contributed by atoms with E-state index in [1.54, 1.807) is 0 Å². The van der Waals surface area contributed by atoms with E-state index in [0.29, 0.717) is 12.2 Å². The number of likely N-dealkylation sites (tertiary alicyclic amines) is 1. The van der Waals surface area contributed by atoms with Gasteiger partial charge in [-0.3, -0.25) is 4.79 Å². The lowest BCUT2D eigenvalue weighted by molar-refractivity contribution is 0.0927. The van der Waals surface area contributed by atoms with Gasteiger partial charge in [-0.25, -0.2) is 0 Å². The maximum absolute atomic E-state index is 12.8. The minimum atomic E-state index is -0.0113. The topological polar surface area (TPSA) is 41.6 Å². The fraction of sp³-hybridized carbons (Fsp3) is 0.381. The molecular formula is C21H24N2O2. The van der Waals surface area contributed by atoms with E-state index in [1.165, 1.54) is 12.8 Å². The van der Waals surface area contributed by atoms with Crippen molar-refractivity contribution in [3.05, 3.63) is 65.2 Å². The van der Waals surface area contributed by atoms with Crippen LogP contribution in [0.3, 0.4) is 0 Å². The van der Waals surface area contributed by atoms with E-state index in [9.17, 15) is 4.79 Å². The molecule has 1 amide bonds. The molecule has 2 aromatic carbocycles. The average molecular weight is 336 g/mol. The Morgan fingerprint density at radius 3 is 2.72 bits per heavy atom. The summed E-state index contributed by atoms with van der Waals surface area (Å²) in [6, 6.07) is 16.0. The minimum Gasteiger partial charge on any atom is -0.493 e. The minimum absolute atomic E-state index is 0.0105. The van der Waals surface area contributed by atoms with Crippen LogP contribution in [0.4, 0.5) is 0 Å². The number of amides is 1. The molecule has 1 N–H and O–H groups in total. The average Bonchev–Trinajstić information content (AvgIpc) is 3.32. The first-order chi connectivity index (χ1) is 12.3. The Morgan fingerprint density at radius 1 is 1.12 bits per heavy atom. The Balaban J connectivity index is 1.52. The summed E-state index contributed by atoms with van der Waals surface area (Å²) in [5, 5.41) is 3.25. The van der Waals surface area contributed by atoms with Gasteiger partial charge in [-0.1, -0.05) is 30.3 Å². The van der Waals surface area contributed by atoms with Gasteiger partial charge < -0.3 is 15.0 Å². The number of benzene rings is 2. The van der Waals surface area contributed by atoms with Crippen LogP contribution in [0.1, 0.15) is 40.4 Å². The molecule has 0 aromatic heterocycles. The van der Waals surface area contributed by atoms with E-state index in [1.807, 2.05) is 36.4 Å². The van der Waals surface area contributed by atoms with Gasteiger partial charge in [-0.15, -0.1) is 0 Å². The lowest BCUT2D eigenvalue weighted by Crippen LogP contribution is -2.37. The lowest BCUT2D eigenvalue weighted by atomic mass is 10.0. The second-order valence-corrected chi connectivity index (χ2v) is 6.87. The van der Waals surface area contributed by atoms with Gasteiger partial charge in [0.05, 0.1) is 12.6 Å². The first-order valence-electron chi connectivity index (χ1n) is 9.13. The third-order valence-corrected chi connectivity index (χ3v) is 5.10. The van der Waals surface area contributed by atoms with E-state index in [0.717, 1.165) is 42.9 Å². The molecule has 1 atom stereocenters. The smallest absolute Gasteiger partial charge is 0.251 e. The molecule has 0 bridgehead atoms. The normalized spacial score (nSPS) is 17.8. The van der Waals surface area contributed by atoms with Gasteiger partial charge >= 0.3 is 0 Å². The second-order valence-electron chi connectivity index (χ2n) is 6.87. The molecule has 2 aliphatic heterocycles. The van der Waals surface area contributed by atoms with Crippen LogP contribution in [0.15, 0.2) is 48.5 Å². The summed E-state index contributed by atoms with van der Waals surface area (Å²) in [4.78, 5) is 15.3. The van der Waals surface area contributed by atoms with Gasteiger partial charge in [0.1, 0.15) is 5.75 Å². The van der Waals surface area contributed by atoms with Crippen molar-refractivity contribution in [2.45, 2.75) is 25.3 Å². The monoisotopic (exact) mass is 336 g/mol. The highest BCUT2D eigenvalue weighted by Gasteiger charge is 2.22. The molecule has 1 saturated heterocycles. The quantitative estimate of drug-likeness (QED) is 0.912. The molecule has 2 heterocycles. The molecule has 4 heteroatoms. The van der Waals surface area contributed by atoms with Crippen LogP contribution in [0.2, 0.25) is 0 Å². The van der Waals surface area contributed by atoms with Crippen molar-refractivity contribution in [2.24, 2.45) is 0 Å². The zero-order chi connectivity index (χ0) is 17.1. The number of carbonyl (C=O) groups excluding carboxylic acids is 1. The Morgan fingerprint density at radius 2 is 1.92 bits per heavy atom. The van der Waals surface area contributed by atoms with Crippen LogP contribution in [0.25, 0.3) is 0 Å². The van der Waals surface area contributed by atoms with E-state index < -0.39 is 0 Å². The molecule has 0 aliphatic carbocycles. The fourth-order valence-corrected chi connectivity index (χ4v) is 3.71. The summed E-state index contributed by atoms with van der Waals surface area (Å²) in [6.07, 6.45) is 3.38. The second kappa shape index (κ2) is 7.28. The number of rotatable bonds is 5. The van der Waals surface area contributed by atoms with E-state index in [4.69, 9.17) is 4.74 Å². The molecule has 2 aromatic rings. The van der Waals surface area contributed by atoms with Crippen molar-refractivity contribution in [1.29, 1.82) is 0 Å². The van der Waals surface area contributed by atoms with Crippen LogP contribution in [-0.4, -0.2) is 37.0 Å². The summed E-state index contributed by atoms with van der Waals surface area (Å²) in [7, 11) is 0. The molecule has 1 unspecified atom stereocenters. The summed E-state index contributed by atoms with van der Waals surface area (Å²) in [5.41, 5.74) is 3.00. The van der Waals surface area contributed by atoms with Crippen molar-refractivity contribution >= 4 is 5.91 Å². The Bertz CT molecular complexity index is 739. The first-order valence-corrected chi connectivity index (χ1v) is 9.13. The molecule has 4 nitrogen and oxygen atoms in total. The van der Waals surface area contributed by atoms with Gasteiger partial charge in [-0.2, -0.15) is 0 Å². The molecule has 0 saturated carbocycles. The summed E-state index contributed by atoms with van der Waals surface area (Å²) >= 11 is 0. The molecule has 2 aliphatic rings. The summed E-state index contributed by atoms with van der Waals surface area (Å²) < 4.78 is 5.53. The van der Waals surface area contributed by atoms with Crippen LogP contribution >= 0.6 is 0 Å². The van der Waals surface area contributed by atoms with Gasteiger partial charge in [0, 0.05) is 18.5 Å². The summed E-state index contributed by atoms with van der Waals surface area (Å²) in [5.74, 6) is 0.899. The third-order valence-electron chi connectivity index (χ3n) is 5.10. The summed E-state index contributed by atoms with van der Waals surface area (Å²) in [6.45, 7) is 3.82. The number of nitrogens with one attached hydrogen (secondary N) is 1. The fourth-order valence-electron chi connectivity index (χ4n) is 3.71. The number of hydrogen-bond donors (Lipinski definition) is 1. The number of fused-ring (bicyclic) bond motifs is 1. The molecule has 0 radical (unpaired) electrons. The molecule has 1 fully saturated rings. The van der Waals surface area contributed by atoms with Crippen molar-refractivity contribution in [2.75, 3.05) is 26.2 Å². The van der Waals surface area contributed by atoms with Gasteiger partial charge in [0.25, 0.3) is 5.91 Å². The highest BCUT2D eigenvalue weighted by atomic mass is 16.5. The maximum Gasteiger partial charge on any atom is 0.251 e. The number of carbonyl (C=O) groups is 1. The molecule has 4 rings (SSSR count). The standard InChI is InChI=1S/C21H24N2O2/c24-21(18-8-9-20-17(14-18)10-13-25-20)22-19(15-23-11-4-5-12-23)16-6-2-1-3-7-16/h1-3,6-9,14,19H,4-5,10-13,15H2,(H,22,24). The van der Waals surface area contributed by atoms with E-state index in [2.05, 4.69) is 22.3 Å². The van der Waals surface area contributed by atoms with Gasteiger partial charge in [0.15, 0.2) is 0 Å². The van der Waals surface area contributed by atoms with Crippen LogP contribution in [-0.2, 0) is 6.42 Å². The van der Waals surface area contributed by atoms with E-state index >= 15 is 0 Å². The lowest BCUT2D eigenvalue weighted by Gasteiger charge is -2.25. The highest BCUT2D eigenvalue weighted by molar-refractivity contribution is 5.95.